The fraction of sp³-hybridized carbons (Fsp3) is 0.353. The van der Waals surface area contributed by atoms with Crippen molar-refractivity contribution in [1.29, 1.82) is 5.26 Å². The fourth-order valence-corrected chi connectivity index (χ4v) is 2.43. The summed E-state index contributed by atoms with van der Waals surface area (Å²) in [6, 6.07) is 7.65. The first-order valence-electron chi connectivity index (χ1n) is 7.41. The lowest BCUT2D eigenvalue weighted by Gasteiger charge is -2.11. The topological polar surface area (TPSA) is 77.0 Å². The van der Waals surface area contributed by atoms with Crippen LogP contribution in [0.5, 0.6) is 5.75 Å². The SMILES string of the molecule is CCn1cc(C#N)c(=O)n(CCOc2cc(C)cc(C)c2)c1=O. The van der Waals surface area contributed by atoms with Gasteiger partial charge in [-0.05, 0) is 44.0 Å². The smallest absolute Gasteiger partial charge is 0.331 e. The van der Waals surface area contributed by atoms with Gasteiger partial charge in [0.15, 0.2) is 0 Å². The van der Waals surface area contributed by atoms with Gasteiger partial charge in [0.2, 0.25) is 0 Å². The van der Waals surface area contributed by atoms with E-state index in [4.69, 9.17) is 10.00 Å². The summed E-state index contributed by atoms with van der Waals surface area (Å²) in [5.74, 6) is 0.697. The lowest BCUT2D eigenvalue weighted by Crippen LogP contribution is -2.41. The third-order valence-corrected chi connectivity index (χ3v) is 3.48. The van der Waals surface area contributed by atoms with E-state index < -0.39 is 11.2 Å². The summed E-state index contributed by atoms with van der Waals surface area (Å²) in [5, 5.41) is 9.01. The van der Waals surface area contributed by atoms with Crippen molar-refractivity contribution in [3.8, 4) is 11.8 Å². The second-order valence-corrected chi connectivity index (χ2v) is 5.35. The lowest BCUT2D eigenvalue weighted by atomic mass is 10.1. The average Bonchev–Trinajstić information content (AvgIpc) is 2.50. The van der Waals surface area contributed by atoms with Crippen molar-refractivity contribution >= 4 is 0 Å². The lowest BCUT2D eigenvalue weighted by molar-refractivity contribution is 0.291. The highest BCUT2D eigenvalue weighted by Crippen LogP contribution is 2.15. The zero-order valence-corrected chi connectivity index (χ0v) is 13.5. The molecule has 0 aliphatic carbocycles. The summed E-state index contributed by atoms with van der Waals surface area (Å²) >= 11 is 0. The van der Waals surface area contributed by atoms with Gasteiger partial charge in [0, 0.05) is 12.7 Å². The van der Waals surface area contributed by atoms with Crippen molar-refractivity contribution in [2.75, 3.05) is 6.61 Å². The van der Waals surface area contributed by atoms with Gasteiger partial charge in [0.25, 0.3) is 5.56 Å². The maximum absolute atomic E-state index is 12.2. The first-order chi connectivity index (χ1) is 11.0. The second kappa shape index (κ2) is 6.97. The minimum atomic E-state index is -0.578. The van der Waals surface area contributed by atoms with E-state index in [1.165, 1.54) is 10.8 Å². The Morgan fingerprint density at radius 3 is 2.39 bits per heavy atom. The highest BCUT2D eigenvalue weighted by atomic mass is 16.5. The van der Waals surface area contributed by atoms with Gasteiger partial charge in [-0.3, -0.25) is 13.9 Å². The Morgan fingerprint density at radius 2 is 1.83 bits per heavy atom. The van der Waals surface area contributed by atoms with Gasteiger partial charge in [0.1, 0.15) is 24.0 Å². The van der Waals surface area contributed by atoms with Crippen LogP contribution in [0.1, 0.15) is 23.6 Å². The van der Waals surface area contributed by atoms with E-state index in [0.29, 0.717) is 12.3 Å². The molecule has 0 bridgehead atoms. The number of hydrogen-bond acceptors (Lipinski definition) is 4. The molecule has 0 saturated heterocycles. The van der Waals surface area contributed by atoms with E-state index in [9.17, 15) is 9.59 Å². The number of hydrogen-bond donors (Lipinski definition) is 0. The van der Waals surface area contributed by atoms with Crippen molar-refractivity contribution in [3.05, 3.63) is 61.9 Å². The van der Waals surface area contributed by atoms with Crippen molar-refractivity contribution in [2.45, 2.75) is 33.9 Å². The highest BCUT2D eigenvalue weighted by Gasteiger charge is 2.10. The fourth-order valence-electron chi connectivity index (χ4n) is 2.43. The molecule has 2 rings (SSSR count). The van der Waals surface area contributed by atoms with E-state index in [2.05, 4.69) is 0 Å². The molecule has 1 aromatic heterocycles. The molecule has 6 nitrogen and oxygen atoms in total. The van der Waals surface area contributed by atoms with Crippen LogP contribution in [0, 0.1) is 25.2 Å². The summed E-state index contributed by atoms with van der Waals surface area (Å²) in [5.41, 5.74) is 1.11. The summed E-state index contributed by atoms with van der Waals surface area (Å²) in [4.78, 5) is 24.3. The summed E-state index contributed by atoms with van der Waals surface area (Å²) < 4.78 is 8.03. The van der Waals surface area contributed by atoms with E-state index in [-0.39, 0.29) is 18.7 Å². The van der Waals surface area contributed by atoms with Crippen LogP contribution in [0.2, 0.25) is 0 Å². The van der Waals surface area contributed by atoms with E-state index in [0.717, 1.165) is 15.7 Å². The molecule has 0 saturated carbocycles. The van der Waals surface area contributed by atoms with Gasteiger partial charge >= 0.3 is 5.69 Å². The Hall–Kier alpha value is -2.81. The van der Waals surface area contributed by atoms with E-state index in [1.807, 2.05) is 38.1 Å². The molecule has 1 heterocycles. The maximum Gasteiger partial charge on any atom is 0.331 e. The third-order valence-electron chi connectivity index (χ3n) is 3.48. The summed E-state index contributed by atoms with van der Waals surface area (Å²) in [6.45, 7) is 6.40. The number of nitriles is 1. The van der Waals surface area contributed by atoms with Crippen LogP contribution >= 0.6 is 0 Å². The minimum absolute atomic E-state index is 0.0437. The molecule has 1 aromatic carbocycles. The molecular weight excluding hydrogens is 294 g/mol. The predicted molar refractivity (Wildman–Crippen MR) is 86.8 cm³/mol. The Labute approximate surface area is 134 Å². The van der Waals surface area contributed by atoms with Gasteiger partial charge in [-0.2, -0.15) is 5.26 Å². The van der Waals surface area contributed by atoms with Crippen molar-refractivity contribution in [2.24, 2.45) is 0 Å². The van der Waals surface area contributed by atoms with Crippen LogP contribution in [0.15, 0.2) is 34.0 Å². The molecular formula is C17H19N3O3. The van der Waals surface area contributed by atoms with Crippen LogP contribution in [-0.4, -0.2) is 15.7 Å². The number of rotatable bonds is 5. The third kappa shape index (κ3) is 3.69. The van der Waals surface area contributed by atoms with Crippen LogP contribution in [0.4, 0.5) is 0 Å². The molecule has 23 heavy (non-hydrogen) atoms. The zero-order valence-electron chi connectivity index (χ0n) is 13.5. The van der Waals surface area contributed by atoms with Crippen molar-refractivity contribution in [1.82, 2.24) is 9.13 Å². The normalized spacial score (nSPS) is 10.3. The van der Waals surface area contributed by atoms with Crippen molar-refractivity contribution < 1.29 is 4.74 Å². The largest absolute Gasteiger partial charge is 0.492 e. The Balaban J connectivity index is 2.22. The van der Waals surface area contributed by atoms with E-state index >= 15 is 0 Å². The standard InChI is InChI=1S/C17H19N3O3/c1-4-19-11-14(10-18)16(21)20(17(19)22)5-6-23-15-8-12(2)7-13(3)9-15/h7-9,11H,4-6H2,1-3H3. The number of aryl methyl sites for hydroxylation is 3. The van der Waals surface area contributed by atoms with Gasteiger partial charge in [-0.15, -0.1) is 0 Å². The summed E-state index contributed by atoms with van der Waals surface area (Å²) in [6.07, 6.45) is 1.30. The van der Waals surface area contributed by atoms with Crippen LogP contribution in [0.3, 0.4) is 0 Å². The van der Waals surface area contributed by atoms with Gasteiger partial charge < -0.3 is 4.74 Å². The molecule has 0 atom stereocenters. The minimum Gasteiger partial charge on any atom is -0.492 e. The van der Waals surface area contributed by atoms with Gasteiger partial charge in [-0.1, -0.05) is 6.07 Å². The molecule has 2 aromatic rings. The quantitative estimate of drug-likeness (QED) is 0.840. The zero-order chi connectivity index (χ0) is 17.0. The summed E-state index contributed by atoms with van der Waals surface area (Å²) in [7, 11) is 0. The molecule has 0 aliphatic rings. The molecule has 120 valence electrons. The molecule has 0 spiro atoms. The predicted octanol–water partition coefficient (Wildman–Crippen LogP) is 1.60. The number of benzene rings is 1. The number of aromatic nitrogens is 2. The van der Waals surface area contributed by atoms with Crippen LogP contribution in [-0.2, 0) is 13.1 Å². The van der Waals surface area contributed by atoms with Gasteiger partial charge in [-0.25, -0.2) is 4.79 Å². The second-order valence-electron chi connectivity index (χ2n) is 5.35. The molecule has 0 N–H and O–H groups in total. The first kappa shape index (κ1) is 16.6. The van der Waals surface area contributed by atoms with Crippen LogP contribution in [0.25, 0.3) is 0 Å². The highest BCUT2D eigenvalue weighted by molar-refractivity contribution is 5.33. The molecule has 0 amide bonds. The molecule has 0 aliphatic heterocycles. The number of ether oxygens (including phenoxy) is 1. The molecule has 0 fully saturated rings. The monoisotopic (exact) mass is 313 g/mol. The Morgan fingerprint density at radius 1 is 1.17 bits per heavy atom. The van der Waals surface area contributed by atoms with Gasteiger partial charge in [0.05, 0.1) is 6.54 Å². The average molecular weight is 313 g/mol. The van der Waals surface area contributed by atoms with E-state index in [1.54, 1.807) is 6.92 Å². The number of nitrogens with zero attached hydrogens (tertiary/aromatic N) is 3. The first-order valence-corrected chi connectivity index (χ1v) is 7.41. The van der Waals surface area contributed by atoms with Crippen LogP contribution < -0.4 is 16.0 Å². The molecule has 0 unspecified atom stereocenters. The Kier molecular flexibility index (Phi) is 5.02. The van der Waals surface area contributed by atoms with Crippen molar-refractivity contribution in [3.63, 3.8) is 0 Å². The Bertz CT molecular complexity index is 852. The molecule has 0 radical (unpaired) electrons. The maximum atomic E-state index is 12.2. The molecule has 6 heteroatoms.